The van der Waals surface area contributed by atoms with Gasteiger partial charge >= 0.3 is 5.97 Å². The van der Waals surface area contributed by atoms with E-state index in [-0.39, 0.29) is 30.0 Å². The van der Waals surface area contributed by atoms with Gasteiger partial charge in [-0.2, -0.15) is 0 Å². The zero-order chi connectivity index (χ0) is 12.7. The van der Waals surface area contributed by atoms with Gasteiger partial charge < -0.3 is 15.2 Å². The van der Waals surface area contributed by atoms with Gasteiger partial charge in [0.05, 0.1) is 19.1 Å². The lowest BCUT2D eigenvalue weighted by atomic mass is 10.0. The number of aliphatic hydroxyl groups is 1. The highest BCUT2D eigenvalue weighted by Gasteiger charge is 2.17. The molecule has 0 heterocycles. The standard InChI is InChI=1S/C12H25NO3/c1-8(2)11(14)7-13-10(4)6-9(3)12(15)16-5/h8-11,13-14H,6-7H2,1-5H3. The highest BCUT2D eigenvalue weighted by atomic mass is 16.5. The van der Waals surface area contributed by atoms with Gasteiger partial charge in [0.2, 0.25) is 0 Å². The van der Waals surface area contributed by atoms with E-state index in [9.17, 15) is 9.90 Å². The maximum absolute atomic E-state index is 11.2. The summed E-state index contributed by atoms with van der Waals surface area (Å²) in [5.74, 6) is -0.0421. The van der Waals surface area contributed by atoms with Crippen molar-refractivity contribution in [2.75, 3.05) is 13.7 Å². The van der Waals surface area contributed by atoms with Crippen LogP contribution < -0.4 is 5.32 Å². The predicted molar refractivity (Wildman–Crippen MR) is 64.1 cm³/mol. The lowest BCUT2D eigenvalue weighted by Crippen LogP contribution is -2.37. The third-order valence-corrected chi connectivity index (χ3v) is 2.76. The van der Waals surface area contributed by atoms with Crippen molar-refractivity contribution in [1.29, 1.82) is 0 Å². The molecule has 0 aromatic rings. The Kier molecular flexibility index (Phi) is 7.34. The van der Waals surface area contributed by atoms with E-state index in [1.807, 2.05) is 27.7 Å². The van der Waals surface area contributed by atoms with Gasteiger partial charge in [0.15, 0.2) is 0 Å². The highest BCUT2D eigenvalue weighted by Crippen LogP contribution is 2.08. The van der Waals surface area contributed by atoms with Crippen molar-refractivity contribution in [2.24, 2.45) is 11.8 Å². The summed E-state index contributed by atoms with van der Waals surface area (Å²) in [4.78, 5) is 11.2. The van der Waals surface area contributed by atoms with Crippen LogP contribution in [0.5, 0.6) is 0 Å². The van der Waals surface area contributed by atoms with Crippen LogP contribution in [0, 0.1) is 11.8 Å². The van der Waals surface area contributed by atoms with Crippen LogP contribution in [-0.4, -0.2) is 36.9 Å². The molecule has 0 aliphatic heterocycles. The second-order valence-electron chi connectivity index (χ2n) is 4.78. The number of rotatable bonds is 7. The zero-order valence-corrected chi connectivity index (χ0v) is 11.0. The number of carbonyl (C=O) groups is 1. The first-order valence-electron chi connectivity index (χ1n) is 5.87. The van der Waals surface area contributed by atoms with Crippen molar-refractivity contribution in [3.05, 3.63) is 0 Å². The molecule has 0 spiro atoms. The first-order valence-corrected chi connectivity index (χ1v) is 5.87. The van der Waals surface area contributed by atoms with Gasteiger partial charge in [0.25, 0.3) is 0 Å². The maximum atomic E-state index is 11.2. The molecule has 96 valence electrons. The largest absolute Gasteiger partial charge is 0.469 e. The first-order chi connectivity index (χ1) is 7.38. The molecule has 16 heavy (non-hydrogen) atoms. The number of methoxy groups -OCH3 is 1. The summed E-state index contributed by atoms with van der Waals surface area (Å²) in [6.07, 6.45) is 0.383. The van der Waals surface area contributed by atoms with E-state index in [1.54, 1.807) is 0 Å². The Hall–Kier alpha value is -0.610. The number of hydrogen-bond acceptors (Lipinski definition) is 4. The molecule has 0 aromatic heterocycles. The number of hydrogen-bond donors (Lipinski definition) is 2. The van der Waals surface area contributed by atoms with E-state index in [0.717, 1.165) is 6.42 Å². The summed E-state index contributed by atoms with van der Waals surface area (Å²) in [5.41, 5.74) is 0. The molecule has 0 fully saturated rings. The van der Waals surface area contributed by atoms with Crippen molar-refractivity contribution in [2.45, 2.75) is 46.3 Å². The molecule has 0 amide bonds. The van der Waals surface area contributed by atoms with E-state index in [1.165, 1.54) is 7.11 Å². The number of nitrogens with one attached hydrogen (secondary N) is 1. The molecule has 0 saturated heterocycles. The Morgan fingerprint density at radius 3 is 2.31 bits per heavy atom. The molecule has 0 rings (SSSR count). The number of esters is 1. The number of aliphatic hydroxyl groups excluding tert-OH is 1. The molecule has 4 nitrogen and oxygen atoms in total. The Morgan fingerprint density at radius 1 is 1.31 bits per heavy atom. The number of ether oxygens (including phenoxy) is 1. The molecule has 3 unspecified atom stereocenters. The summed E-state index contributed by atoms with van der Waals surface area (Å²) >= 11 is 0. The van der Waals surface area contributed by atoms with E-state index in [4.69, 9.17) is 0 Å². The fraction of sp³-hybridized carbons (Fsp3) is 0.917. The molecular weight excluding hydrogens is 206 g/mol. The molecule has 2 N–H and O–H groups in total. The third kappa shape index (κ3) is 6.08. The fourth-order valence-electron chi connectivity index (χ4n) is 1.47. The summed E-state index contributed by atoms with van der Waals surface area (Å²) in [7, 11) is 1.40. The monoisotopic (exact) mass is 231 g/mol. The molecule has 0 aliphatic rings. The van der Waals surface area contributed by atoms with E-state index in [2.05, 4.69) is 10.1 Å². The summed E-state index contributed by atoms with van der Waals surface area (Å²) < 4.78 is 4.66. The third-order valence-electron chi connectivity index (χ3n) is 2.76. The van der Waals surface area contributed by atoms with Crippen LogP contribution in [0.4, 0.5) is 0 Å². The van der Waals surface area contributed by atoms with E-state index >= 15 is 0 Å². The average Bonchev–Trinajstić information content (AvgIpc) is 2.24. The molecule has 4 heteroatoms. The van der Waals surface area contributed by atoms with Gasteiger partial charge in [0, 0.05) is 12.6 Å². The van der Waals surface area contributed by atoms with Crippen LogP contribution in [0.2, 0.25) is 0 Å². The quantitative estimate of drug-likeness (QED) is 0.646. The minimum Gasteiger partial charge on any atom is -0.469 e. The lowest BCUT2D eigenvalue weighted by molar-refractivity contribution is -0.145. The van der Waals surface area contributed by atoms with Crippen LogP contribution in [-0.2, 0) is 9.53 Å². The van der Waals surface area contributed by atoms with Gasteiger partial charge in [-0.05, 0) is 19.3 Å². The Balaban J connectivity index is 3.82. The van der Waals surface area contributed by atoms with Crippen molar-refractivity contribution >= 4 is 5.97 Å². The second-order valence-corrected chi connectivity index (χ2v) is 4.78. The van der Waals surface area contributed by atoms with Crippen LogP contribution in [0.15, 0.2) is 0 Å². The molecule has 0 aromatic carbocycles. The molecule has 3 atom stereocenters. The van der Waals surface area contributed by atoms with E-state index in [0.29, 0.717) is 6.54 Å². The second kappa shape index (κ2) is 7.63. The first kappa shape index (κ1) is 15.4. The Labute approximate surface area is 98.4 Å². The topological polar surface area (TPSA) is 58.6 Å². The van der Waals surface area contributed by atoms with Crippen molar-refractivity contribution in [3.8, 4) is 0 Å². The number of carbonyl (C=O) groups excluding carboxylic acids is 1. The smallest absolute Gasteiger partial charge is 0.308 e. The van der Waals surface area contributed by atoms with Crippen LogP contribution in [0.3, 0.4) is 0 Å². The van der Waals surface area contributed by atoms with Crippen molar-refractivity contribution in [1.82, 2.24) is 5.32 Å². The van der Waals surface area contributed by atoms with Gasteiger partial charge in [-0.3, -0.25) is 4.79 Å². The SMILES string of the molecule is COC(=O)C(C)CC(C)NCC(O)C(C)C. The van der Waals surface area contributed by atoms with Gasteiger partial charge in [0.1, 0.15) is 0 Å². The molecule has 0 aliphatic carbocycles. The normalized spacial score (nSPS) is 16.9. The molecule has 0 radical (unpaired) electrons. The highest BCUT2D eigenvalue weighted by molar-refractivity contribution is 5.71. The summed E-state index contributed by atoms with van der Waals surface area (Å²) in [6, 6.07) is 0.197. The van der Waals surface area contributed by atoms with Crippen LogP contribution >= 0.6 is 0 Å². The minimum absolute atomic E-state index is 0.108. The lowest BCUT2D eigenvalue weighted by Gasteiger charge is -2.21. The minimum atomic E-state index is -0.337. The molecular formula is C12H25NO3. The maximum Gasteiger partial charge on any atom is 0.308 e. The average molecular weight is 231 g/mol. The van der Waals surface area contributed by atoms with Crippen LogP contribution in [0.1, 0.15) is 34.1 Å². The Morgan fingerprint density at radius 2 is 1.88 bits per heavy atom. The molecule has 0 bridgehead atoms. The van der Waals surface area contributed by atoms with Gasteiger partial charge in [-0.25, -0.2) is 0 Å². The molecule has 0 saturated carbocycles. The fourth-order valence-corrected chi connectivity index (χ4v) is 1.47. The summed E-state index contributed by atoms with van der Waals surface area (Å²) in [6.45, 7) is 8.38. The van der Waals surface area contributed by atoms with Crippen molar-refractivity contribution < 1.29 is 14.6 Å². The summed E-state index contributed by atoms with van der Waals surface area (Å²) in [5, 5.41) is 12.8. The Bertz CT molecular complexity index is 206. The van der Waals surface area contributed by atoms with E-state index < -0.39 is 0 Å². The van der Waals surface area contributed by atoms with Crippen LogP contribution in [0.25, 0.3) is 0 Å². The van der Waals surface area contributed by atoms with Crippen molar-refractivity contribution in [3.63, 3.8) is 0 Å². The predicted octanol–water partition coefficient (Wildman–Crippen LogP) is 1.18. The van der Waals surface area contributed by atoms with Gasteiger partial charge in [-0.1, -0.05) is 20.8 Å². The zero-order valence-electron chi connectivity index (χ0n) is 11.0. The van der Waals surface area contributed by atoms with Gasteiger partial charge in [-0.15, -0.1) is 0 Å².